The van der Waals surface area contributed by atoms with Gasteiger partial charge in [0.2, 0.25) is 5.91 Å². The van der Waals surface area contributed by atoms with Crippen molar-refractivity contribution in [3.05, 3.63) is 35.5 Å². The fraction of sp³-hybridized carbons (Fsp3) is 0.308. The Labute approximate surface area is 118 Å². The average Bonchev–Trinajstić information content (AvgIpc) is 2.66. The van der Waals surface area contributed by atoms with Crippen molar-refractivity contribution in [1.29, 1.82) is 0 Å². The lowest BCUT2D eigenvalue weighted by Gasteiger charge is -2.19. The summed E-state index contributed by atoms with van der Waals surface area (Å²) >= 11 is 0. The van der Waals surface area contributed by atoms with E-state index < -0.39 is 0 Å². The van der Waals surface area contributed by atoms with Crippen molar-refractivity contribution in [2.75, 3.05) is 0 Å². The molecule has 18 heavy (non-hydrogen) atoms. The number of carbonyl (C=O) groups excluding carboxylic acids is 1. The minimum absolute atomic E-state index is 0. The molecule has 1 amide bonds. The fourth-order valence-corrected chi connectivity index (χ4v) is 2.63. The van der Waals surface area contributed by atoms with Crippen molar-refractivity contribution in [3.8, 4) is 0 Å². The Bertz CT molecular complexity index is 565. The van der Waals surface area contributed by atoms with Crippen LogP contribution in [0.15, 0.2) is 24.3 Å². The average molecular weight is 287 g/mol. The predicted molar refractivity (Wildman–Crippen MR) is 77.5 cm³/mol. The normalized spacial score (nSPS) is 17.4. The summed E-state index contributed by atoms with van der Waals surface area (Å²) in [5, 5.41) is 1.29. The van der Waals surface area contributed by atoms with Crippen LogP contribution in [0, 0.1) is 5.92 Å². The molecular weight excluding hydrogens is 271 g/mol. The van der Waals surface area contributed by atoms with E-state index in [9.17, 15) is 4.79 Å². The van der Waals surface area contributed by atoms with Crippen LogP contribution in [0.2, 0.25) is 0 Å². The number of amides is 1. The SMILES string of the molecule is Cl.Cl.NC(=O)C1CCc2c([nH]c3ccccc23)C1. The Hall–Kier alpha value is -1.19. The number of aromatic nitrogens is 1. The molecule has 1 atom stereocenters. The van der Waals surface area contributed by atoms with Crippen molar-refractivity contribution in [1.82, 2.24) is 4.98 Å². The van der Waals surface area contributed by atoms with Crippen LogP contribution in [-0.4, -0.2) is 10.9 Å². The van der Waals surface area contributed by atoms with E-state index in [4.69, 9.17) is 5.73 Å². The lowest BCUT2D eigenvalue weighted by atomic mass is 9.86. The number of fused-ring (bicyclic) bond motifs is 3. The van der Waals surface area contributed by atoms with Crippen LogP contribution < -0.4 is 5.73 Å². The highest BCUT2D eigenvalue weighted by atomic mass is 35.5. The summed E-state index contributed by atoms with van der Waals surface area (Å²) in [7, 11) is 0. The van der Waals surface area contributed by atoms with E-state index >= 15 is 0 Å². The lowest BCUT2D eigenvalue weighted by Crippen LogP contribution is -2.28. The Morgan fingerprint density at radius 1 is 1.28 bits per heavy atom. The van der Waals surface area contributed by atoms with Gasteiger partial charge in [0.15, 0.2) is 0 Å². The molecule has 3 rings (SSSR count). The molecule has 0 aliphatic heterocycles. The van der Waals surface area contributed by atoms with Crippen LogP contribution in [0.1, 0.15) is 17.7 Å². The van der Waals surface area contributed by atoms with E-state index in [0.29, 0.717) is 0 Å². The summed E-state index contributed by atoms with van der Waals surface area (Å²) in [5.41, 5.74) is 9.09. The molecule has 1 aromatic heterocycles. The lowest BCUT2D eigenvalue weighted by molar-refractivity contribution is -0.122. The first-order chi connectivity index (χ1) is 7.75. The van der Waals surface area contributed by atoms with E-state index in [1.807, 2.05) is 6.07 Å². The molecular formula is C13H16Cl2N2O. The summed E-state index contributed by atoms with van der Waals surface area (Å²) in [5.74, 6) is -0.176. The molecule has 0 saturated heterocycles. The van der Waals surface area contributed by atoms with Crippen molar-refractivity contribution >= 4 is 41.6 Å². The summed E-state index contributed by atoms with van der Waals surface area (Å²) in [4.78, 5) is 14.6. The molecule has 5 heteroatoms. The smallest absolute Gasteiger partial charge is 0.220 e. The molecule has 3 nitrogen and oxygen atoms in total. The Morgan fingerprint density at radius 3 is 2.72 bits per heavy atom. The predicted octanol–water partition coefficient (Wildman–Crippen LogP) is 2.60. The van der Waals surface area contributed by atoms with Crippen LogP contribution >= 0.6 is 24.8 Å². The van der Waals surface area contributed by atoms with Gasteiger partial charge in [-0.2, -0.15) is 0 Å². The van der Waals surface area contributed by atoms with E-state index in [-0.39, 0.29) is 36.6 Å². The molecule has 1 heterocycles. The van der Waals surface area contributed by atoms with E-state index in [1.54, 1.807) is 0 Å². The standard InChI is InChI=1S/C13H14N2O.2ClH/c14-13(16)8-5-6-10-9-3-1-2-4-11(9)15-12(10)7-8;;/h1-4,8,15H,5-7H2,(H2,14,16);2*1H. The van der Waals surface area contributed by atoms with E-state index in [1.165, 1.54) is 16.6 Å². The Kier molecular flexibility index (Phi) is 4.65. The van der Waals surface area contributed by atoms with Crippen molar-refractivity contribution in [3.63, 3.8) is 0 Å². The zero-order valence-electron chi connectivity index (χ0n) is 9.81. The first-order valence-electron chi connectivity index (χ1n) is 5.63. The number of aromatic amines is 1. The van der Waals surface area contributed by atoms with Gasteiger partial charge in [0.25, 0.3) is 0 Å². The molecule has 2 aromatic rings. The minimum Gasteiger partial charge on any atom is -0.369 e. The van der Waals surface area contributed by atoms with Gasteiger partial charge in [-0.3, -0.25) is 4.79 Å². The number of hydrogen-bond donors (Lipinski definition) is 2. The van der Waals surface area contributed by atoms with Gasteiger partial charge in [0.1, 0.15) is 0 Å². The second-order valence-electron chi connectivity index (χ2n) is 4.47. The molecule has 98 valence electrons. The number of primary amides is 1. The number of hydrogen-bond acceptors (Lipinski definition) is 1. The monoisotopic (exact) mass is 286 g/mol. The Balaban J connectivity index is 0.000000810. The second kappa shape index (κ2) is 5.63. The minimum atomic E-state index is -0.177. The van der Waals surface area contributed by atoms with Gasteiger partial charge in [0.05, 0.1) is 0 Å². The van der Waals surface area contributed by atoms with Gasteiger partial charge in [-0.15, -0.1) is 24.8 Å². The third-order valence-corrected chi connectivity index (χ3v) is 3.50. The zero-order valence-corrected chi connectivity index (χ0v) is 11.4. The number of nitrogens with one attached hydrogen (secondary N) is 1. The molecule has 0 bridgehead atoms. The molecule has 0 fully saturated rings. The number of halogens is 2. The topological polar surface area (TPSA) is 58.9 Å². The van der Waals surface area contributed by atoms with E-state index in [0.717, 1.165) is 24.8 Å². The van der Waals surface area contributed by atoms with Crippen LogP contribution in [0.25, 0.3) is 10.9 Å². The Morgan fingerprint density at radius 2 is 2.00 bits per heavy atom. The highest BCUT2D eigenvalue weighted by Gasteiger charge is 2.25. The molecule has 0 radical (unpaired) electrons. The fourth-order valence-electron chi connectivity index (χ4n) is 2.63. The summed E-state index contributed by atoms with van der Waals surface area (Å²) in [6.07, 6.45) is 2.59. The molecule has 1 aliphatic rings. The van der Waals surface area contributed by atoms with Crippen LogP contribution in [0.3, 0.4) is 0 Å². The number of aryl methyl sites for hydroxylation is 1. The van der Waals surface area contributed by atoms with Crippen molar-refractivity contribution in [2.24, 2.45) is 11.7 Å². The van der Waals surface area contributed by atoms with Gasteiger partial charge in [-0.05, 0) is 30.9 Å². The molecule has 3 N–H and O–H groups in total. The molecule has 0 saturated carbocycles. The maximum absolute atomic E-state index is 11.2. The largest absolute Gasteiger partial charge is 0.369 e. The first-order valence-corrected chi connectivity index (χ1v) is 5.63. The third-order valence-electron chi connectivity index (χ3n) is 3.50. The van der Waals surface area contributed by atoms with Gasteiger partial charge in [-0.1, -0.05) is 18.2 Å². The number of nitrogens with two attached hydrogens (primary N) is 1. The zero-order chi connectivity index (χ0) is 11.1. The number of H-pyrrole nitrogens is 1. The summed E-state index contributed by atoms with van der Waals surface area (Å²) in [6, 6.07) is 8.29. The molecule has 1 aromatic carbocycles. The highest BCUT2D eigenvalue weighted by molar-refractivity contribution is 5.86. The third kappa shape index (κ3) is 2.33. The number of carbonyl (C=O) groups is 1. The second-order valence-corrected chi connectivity index (χ2v) is 4.47. The quantitative estimate of drug-likeness (QED) is 0.832. The summed E-state index contributed by atoms with van der Waals surface area (Å²) < 4.78 is 0. The van der Waals surface area contributed by atoms with Crippen LogP contribution in [-0.2, 0) is 17.6 Å². The maximum Gasteiger partial charge on any atom is 0.220 e. The number of benzene rings is 1. The number of para-hydroxylation sites is 1. The number of rotatable bonds is 1. The molecule has 1 unspecified atom stereocenters. The molecule has 0 spiro atoms. The van der Waals surface area contributed by atoms with Crippen molar-refractivity contribution < 1.29 is 4.79 Å². The van der Waals surface area contributed by atoms with Crippen molar-refractivity contribution in [2.45, 2.75) is 19.3 Å². The first kappa shape index (κ1) is 14.9. The summed E-state index contributed by atoms with van der Waals surface area (Å²) in [6.45, 7) is 0. The van der Waals surface area contributed by atoms with Gasteiger partial charge in [0, 0.05) is 22.5 Å². The van der Waals surface area contributed by atoms with Gasteiger partial charge in [-0.25, -0.2) is 0 Å². The maximum atomic E-state index is 11.2. The van der Waals surface area contributed by atoms with Crippen LogP contribution in [0.5, 0.6) is 0 Å². The highest BCUT2D eigenvalue weighted by Crippen LogP contribution is 2.31. The van der Waals surface area contributed by atoms with E-state index in [2.05, 4.69) is 23.2 Å². The van der Waals surface area contributed by atoms with Crippen LogP contribution in [0.4, 0.5) is 0 Å². The van der Waals surface area contributed by atoms with Gasteiger partial charge >= 0.3 is 0 Å². The molecule has 1 aliphatic carbocycles. The van der Waals surface area contributed by atoms with Gasteiger partial charge < -0.3 is 10.7 Å².